The summed E-state index contributed by atoms with van der Waals surface area (Å²) in [6, 6.07) is 0. The lowest BCUT2D eigenvalue weighted by molar-refractivity contribution is -0.387. The van der Waals surface area contributed by atoms with Crippen molar-refractivity contribution in [2.45, 2.75) is 255 Å². The molecule has 0 aromatic carbocycles. The van der Waals surface area contributed by atoms with Crippen molar-refractivity contribution in [3.8, 4) is 0 Å². The van der Waals surface area contributed by atoms with Crippen LogP contribution in [0.1, 0.15) is 120 Å². The third kappa shape index (κ3) is 10.3. The lowest BCUT2D eigenvalue weighted by Crippen LogP contribution is -2.68. The summed E-state index contributed by atoms with van der Waals surface area (Å²) in [5, 5.41) is 141. The Morgan fingerprint density at radius 2 is 1.23 bits per heavy atom. The molecule has 5 aliphatic carbocycles. The minimum absolute atomic E-state index is 0.0343. The number of carboxylic acid groups (broad SMARTS) is 1. The molecular weight excluding hydrogens is 1070 g/mol. The highest BCUT2D eigenvalue weighted by molar-refractivity contribution is 5.79. The van der Waals surface area contributed by atoms with Crippen LogP contribution < -0.4 is 0 Å². The first-order valence-corrected chi connectivity index (χ1v) is 28.7. The Bertz CT molecular complexity index is 2340. The van der Waals surface area contributed by atoms with Crippen molar-refractivity contribution in [3.05, 3.63) is 11.6 Å². The maximum absolute atomic E-state index is 15.0. The van der Waals surface area contributed by atoms with Gasteiger partial charge in [0.1, 0.15) is 79.4 Å². The monoisotopic (exact) mass is 1160 g/mol. The van der Waals surface area contributed by atoms with Gasteiger partial charge < -0.3 is 109 Å². The fourth-order valence-corrected chi connectivity index (χ4v) is 16.7. The zero-order valence-electron chi connectivity index (χ0n) is 47.5. The van der Waals surface area contributed by atoms with Gasteiger partial charge in [-0.1, -0.05) is 53.2 Å². The van der Waals surface area contributed by atoms with Crippen molar-refractivity contribution >= 4 is 17.9 Å². The quantitative estimate of drug-likeness (QED) is 0.0609. The molecule has 0 unspecified atom stereocenters. The molecule has 8 fully saturated rings. The molecule has 0 aromatic heterocycles. The summed E-state index contributed by atoms with van der Waals surface area (Å²) in [4.78, 5) is 39.7. The summed E-state index contributed by atoms with van der Waals surface area (Å²) in [5.74, 6) is -3.32. The highest BCUT2D eigenvalue weighted by Gasteiger charge is 2.71. The molecule has 9 rings (SSSR count). The fourth-order valence-electron chi connectivity index (χ4n) is 16.7. The average molecular weight is 1160 g/mol. The van der Waals surface area contributed by atoms with E-state index in [0.29, 0.717) is 32.1 Å². The summed E-state index contributed by atoms with van der Waals surface area (Å²) in [6.07, 6.45) is -29.3. The van der Waals surface area contributed by atoms with Gasteiger partial charge in [0.25, 0.3) is 0 Å². The van der Waals surface area contributed by atoms with Gasteiger partial charge in [0.05, 0.1) is 43.0 Å². The molecule has 0 amide bonds. The van der Waals surface area contributed by atoms with Gasteiger partial charge in [-0.3, -0.25) is 9.59 Å². The highest BCUT2D eigenvalue weighted by Crippen LogP contribution is 2.76. The normalized spacial score (nSPS) is 53.3. The summed E-state index contributed by atoms with van der Waals surface area (Å²) in [6.45, 7) is 16.1. The van der Waals surface area contributed by atoms with Crippen molar-refractivity contribution < 1.29 is 123 Å². The Morgan fingerprint density at radius 3 is 1.89 bits per heavy atom. The number of hydrogen-bond donors (Lipinski definition) is 13. The predicted molar refractivity (Wildman–Crippen MR) is 273 cm³/mol. The van der Waals surface area contributed by atoms with Gasteiger partial charge in [0.15, 0.2) is 25.0 Å². The number of esters is 2. The zero-order valence-corrected chi connectivity index (χ0v) is 47.5. The fraction of sp³-hybridized carbons (Fsp3) is 0.911. The van der Waals surface area contributed by atoms with Crippen LogP contribution >= 0.6 is 0 Å². The van der Waals surface area contributed by atoms with Crippen molar-refractivity contribution in [3.63, 3.8) is 0 Å². The lowest BCUT2D eigenvalue weighted by Gasteiger charge is -2.71. The Morgan fingerprint density at radius 1 is 0.617 bits per heavy atom. The first kappa shape index (κ1) is 62.9. The summed E-state index contributed by atoms with van der Waals surface area (Å²) in [7, 11) is 0. The molecule has 4 saturated carbocycles. The molecule has 0 spiro atoms. The van der Waals surface area contributed by atoms with E-state index in [1.54, 1.807) is 0 Å². The second-order valence-corrected chi connectivity index (χ2v) is 26.8. The van der Waals surface area contributed by atoms with Crippen LogP contribution in [0, 0.1) is 50.2 Å². The molecule has 4 aliphatic heterocycles. The molecule has 0 radical (unpaired) electrons. The van der Waals surface area contributed by atoms with E-state index >= 15 is 0 Å². The van der Waals surface area contributed by atoms with E-state index in [-0.39, 0.29) is 48.5 Å². The molecule has 30 atom stereocenters. The van der Waals surface area contributed by atoms with Gasteiger partial charge in [0.2, 0.25) is 6.29 Å². The number of carboxylic acids is 1. The standard InChI is InChI=1S/C56H88O25/c1-22-32(60)35(63)39(67)46(74-22)81-50(72)56-17-16-54(8)25(26(56)18-52(6,30(59)19-56)21-73-24(3)58)10-11-29-53(7)14-13-31(51(4,5)28(53)12-15-55(29,54)9)77-49-44(38(66)37(65)43(79-49)45(70)71)80-48-41(69)42(33(61)23(2)75-48)78-47-40(68)36(64)34(62)27(20-57)76-47/h10,22-23,26-44,46-49,57,59-69H,11-21H2,1-9H3,(H,70,71)/t22-,23-,26-,27+,28-,29+,30-,31-,32-,33-,34+,35+,36-,37-,38-,39+,40+,41+,42+,43-,44+,46-,47-,48-,49+,52-,53-,54+,55+,56+/m0/s1. The van der Waals surface area contributed by atoms with Crippen molar-refractivity contribution in [1.29, 1.82) is 0 Å². The number of fused-ring (bicyclic) bond motifs is 7. The smallest absolute Gasteiger partial charge is 0.335 e. The van der Waals surface area contributed by atoms with Crippen LogP contribution in [0.2, 0.25) is 0 Å². The maximum atomic E-state index is 15.0. The number of ether oxygens (including phenoxy) is 9. The maximum Gasteiger partial charge on any atom is 0.335 e. The Hall–Kier alpha value is -2.61. The van der Waals surface area contributed by atoms with Crippen LogP contribution in [0.4, 0.5) is 0 Å². The van der Waals surface area contributed by atoms with Gasteiger partial charge in [-0.05, 0) is 111 Å². The molecule has 0 aromatic rings. The molecule has 13 N–H and O–H groups in total. The molecule has 81 heavy (non-hydrogen) atoms. The Kier molecular flexibility index (Phi) is 17.5. The minimum Gasteiger partial charge on any atom is -0.479 e. The van der Waals surface area contributed by atoms with E-state index in [0.717, 1.165) is 12.0 Å². The third-order valence-electron chi connectivity index (χ3n) is 21.9. The molecule has 462 valence electrons. The molecule has 0 bridgehead atoms. The minimum atomic E-state index is -2.06. The van der Waals surface area contributed by atoms with Crippen LogP contribution in [-0.4, -0.2) is 233 Å². The van der Waals surface area contributed by atoms with Gasteiger partial charge in [-0.15, -0.1) is 0 Å². The Balaban J connectivity index is 0.973. The first-order valence-electron chi connectivity index (χ1n) is 28.7. The second kappa shape index (κ2) is 22.6. The van der Waals surface area contributed by atoms with Gasteiger partial charge in [-0.2, -0.15) is 0 Å². The first-order chi connectivity index (χ1) is 37.7. The predicted octanol–water partition coefficient (Wildman–Crippen LogP) is -1.37. The van der Waals surface area contributed by atoms with E-state index in [9.17, 15) is 80.8 Å². The molecular formula is C56H88O25. The number of carbonyl (C=O) groups is 3. The molecule has 4 saturated heterocycles. The largest absolute Gasteiger partial charge is 0.479 e. The Labute approximate surface area is 470 Å². The number of aliphatic hydroxyl groups is 12. The van der Waals surface area contributed by atoms with Gasteiger partial charge >= 0.3 is 17.9 Å². The highest BCUT2D eigenvalue weighted by atomic mass is 16.8. The molecule has 4 heterocycles. The third-order valence-corrected chi connectivity index (χ3v) is 21.9. The summed E-state index contributed by atoms with van der Waals surface area (Å²) < 4.78 is 53.4. The van der Waals surface area contributed by atoms with E-state index in [4.69, 9.17) is 42.6 Å². The van der Waals surface area contributed by atoms with Crippen LogP contribution in [0.15, 0.2) is 11.6 Å². The van der Waals surface area contributed by atoms with E-state index in [2.05, 4.69) is 40.7 Å². The number of allylic oxidation sites excluding steroid dienone is 2. The van der Waals surface area contributed by atoms with E-state index < -0.39 is 187 Å². The lowest BCUT2D eigenvalue weighted by atomic mass is 9.33. The number of hydrogen-bond acceptors (Lipinski definition) is 24. The molecule has 25 nitrogen and oxygen atoms in total. The van der Waals surface area contributed by atoms with Crippen LogP contribution in [0.5, 0.6) is 0 Å². The topological polar surface area (TPSA) is 397 Å². The SMILES string of the molecule is CC(=O)OC[C@]1(C)C[C@H]2C3=CC[C@@H]4[C@@]5(C)CC[C@H](O[C@@H]6O[C@H](C(=O)O)[C@@H](O)[C@H](O)[C@H]6O[C@@H]6O[C@@H](C)[C@H](O)[C@@H](O[C@@H]7O[C@H](CO)[C@@H](O)[C@H](O)[C@H]7O)[C@H]6O)C(C)(C)[C@@H]5CC[C@@]4(C)[C@]3(C)CC[C@@]2(C(=O)O[C@@H]2O[C@@H](C)[C@H](O)[C@@H](O)[C@H]2O)C[C@@H]1O. The average Bonchev–Trinajstić information content (AvgIpc) is 3.59. The second-order valence-electron chi connectivity index (χ2n) is 26.8. The van der Waals surface area contributed by atoms with Crippen LogP contribution in [0.25, 0.3) is 0 Å². The van der Waals surface area contributed by atoms with Crippen molar-refractivity contribution in [2.24, 2.45) is 50.2 Å². The molecule has 25 heteroatoms. The summed E-state index contributed by atoms with van der Waals surface area (Å²) >= 11 is 0. The van der Waals surface area contributed by atoms with Crippen molar-refractivity contribution in [1.82, 2.24) is 0 Å². The van der Waals surface area contributed by atoms with Gasteiger partial charge in [-0.25, -0.2) is 4.79 Å². The molecule has 9 aliphatic rings. The van der Waals surface area contributed by atoms with Crippen molar-refractivity contribution in [2.75, 3.05) is 13.2 Å². The van der Waals surface area contributed by atoms with Crippen LogP contribution in [0.3, 0.4) is 0 Å². The van der Waals surface area contributed by atoms with E-state index in [1.165, 1.54) is 20.8 Å². The number of rotatable bonds is 12. The zero-order chi connectivity index (χ0) is 59.6. The number of aliphatic hydroxyl groups excluding tert-OH is 12. The van der Waals surface area contributed by atoms with Crippen LogP contribution in [-0.2, 0) is 57.0 Å². The number of aliphatic carboxylic acids is 1. The summed E-state index contributed by atoms with van der Waals surface area (Å²) in [5.41, 5.74) is -3.18. The number of carbonyl (C=O) groups excluding carboxylic acids is 2. The van der Waals surface area contributed by atoms with E-state index in [1.807, 2.05) is 6.92 Å². The van der Waals surface area contributed by atoms with Gasteiger partial charge in [0, 0.05) is 12.3 Å².